The Balaban J connectivity index is 2.07. The van der Waals surface area contributed by atoms with Crippen LogP contribution >= 0.6 is 0 Å². The van der Waals surface area contributed by atoms with Crippen LogP contribution in [0.5, 0.6) is 11.5 Å². The number of methoxy groups -OCH3 is 1. The van der Waals surface area contributed by atoms with Gasteiger partial charge in [0.1, 0.15) is 5.56 Å². The summed E-state index contributed by atoms with van der Waals surface area (Å²) >= 11 is 0. The van der Waals surface area contributed by atoms with Crippen molar-refractivity contribution in [2.24, 2.45) is 11.8 Å². The lowest BCUT2D eigenvalue weighted by atomic mass is 9.78. The monoisotopic (exact) mass is 408 g/mol. The van der Waals surface area contributed by atoms with Crippen molar-refractivity contribution in [1.29, 1.82) is 0 Å². The Morgan fingerprint density at radius 2 is 1.97 bits per heavy atom. The molecule has 3 atom stereocenters. The molecule has 29 heavy (non-hydrogen) atoms. The third-order valence-corrected chi connectivity index (χ3v) is 5.39. The van der Waals surface area contributed by atoms with Gasteiger partial charge in [-0.2, -0.15) is 0 Å². The molecule has 0 aliphatic heterocycles. The number of nitro groups is 1. The fourth-order valence-corrected chi connectivity index (χ4v) is 3.53. The number of nitro benzene ring substituents is 1. The van der Waals surface area contributed by atoms with Crippen molar-refractivity contribution in [2.45, 2.75) is 46.1 Å². The number of hydrogen-bond acceptors (Lipinski definition) is 7. The number of esters is 1. The molecule has 0 heterocycles. The molecule has 1 amide bonds. The number of nitrogens with zero attached hydrogens (tertiary/aromatic N) is 1. The van der Waals surface area contributed by atoms with E-state index in [1.807, 2.05) is 0 Å². The molecule has 1 aromatic rings. The van der Waals surface area contributed by atoms with Crippen LogP contribution in [0.4, 0.5) is 5.69 Å². The number of benzene rings is 1. The Bertz CT molecular complexity index is 765. The molecular weight excluding hydrogens is 380 g/mol. The van der Waals surface area contributed by atoms with E-state index in [0.717, 1.165) is 25.3 Å². The number of hydrogen-bond donors (Lipinski definition) is 1. The molecule has 1 aliphatic rings. The highest BCUT2D eigenvalue weighted by Crippen LogP contribution is 2.35. The summed E-state index contributed by atoms with van der Waals surface area (Å²) in [5.41, 5.74) is -0.780. The van der Waals surface area contributed by atoms with Crippen LogP contribution in [-0.4, -0.2) is 43.2 Å². The van der Waals surface area contributed by atoms with E-state index in [9.17, 15) is 19.7 Å². The SMILES string of the molecule is CCOc1cc([N+](=O)[O-])c(C(=O)OCC(=O)N[C@H]2CCC[C@@H](C)[C@@H]2C)cc1OC. The maximum atomic E-state index is 12.4. The lowest BCUT2D eigenvalue weighted by Crippen LogP contribution is -2.45. The quantitative estimate of drug-likeness (QED) is 0.399. The van der Waals surface area contributed by atoms with E-state index in [1.54, 1.807) is 6.92 Å². The normalized spacial score (nSPS) is 21.2. The van der Waals surface area contributed by atoms with Crippen molar-refractivity contribution in [3.63, 3.8) is 0 Å². The Kier molecular flexibility index (Phi) is 7.81. The Morgan fingerprint density at radius 1 is 1.24 bits per heavy atom. The van der Waals surface area contributed by atoms with Crippen LogP contribution < -0.4 is 14.8 Å². The van der Waals surface area contributed by atoms with Crippen LogP contribution in [0.1, 0.15) is 50.4 Å². The van der Waals surface area contributed by atoms with Gasteiger partial charge >= 0.3 is 5.97 Å². The number of amides is 1. The van der Waals surface area contributed by atoms with Crippen LogP contribution in [-0.2, 0) is 9.53 Å². The highest BCUT2D eigenvalue weighted by atomic mass is 16.6. The molecule has 2 rings (SSSR count). The average Bonchev–Trinajstić information content (AvgIpc) is 2.69. The first kappa shape index (κ1) is 22.4. The first-order chi connectivity index (χ1) is 13.8. The number of carbonyl (C=O) groups is 2. The summed E-state index contributed by atoms with van der Waals surface area (Å²) in [5.74, 6) is -0.242. The second-order valence-electron chi connectivity index (χ2n) is 7.23. The van der Waals surface area contributed by atoms with Gasteiger partial charge in [0.25, 0.3) is 11.6 Å². The van der Waals surface area contributed by atoms with E-state index in [-0.39, 0.29) is 29.7 Å². The van der Waals surface area contributed by atoms with Gasteiger partial charge in [0.2, 0.25) is 0 Å². The van der Waals surface area contributed by atoms with Crippen LogP contribution in [0.25, 0.3) is 0 Å². The Labute approximate surface area is 169 Å². The molecule has 1 N–H and O–H groups in total. The van der Waals surface area contributed by atoms with E-state index in [4.69, 9.17) is 14.2 Å². The second-order valence-corrected chi connectivity index (χ2v) is 7.23. The van der Waals surface area contributed by atoms with Crippen LogP contribution in [0.15, 0.2) is 12.1 Å². The van der Waals surface area contributed by atoms with E-state index >= 15 is 0 Å². The van der Waals surface area contributed by atoms with Gasteiger partial charge in [-0.1, -0.05) is 26.7 Å². The molecule has 0 unspecified atom stereocenters. The van der Waals surface area contributed by atoms with Crippen molar-refractivity contribution in [3.05, 3.63) is 27.8 Å². The smallest absolute Gasteiger partial charge is 0.345 e. The highest BCUT2D eigenvalue weighted by Gasteiger charge is 2.29. The molecule has 1 saturated carbocycles. The number of nitrogens with one attached hydrogen (secondary N) is 1. The highest BCUT2D eigenvalue weighted by molar-refractivity contribution is 5.96. The molecule has 160 valence electrons. The van der Waals surface area contributed by atoms with Gasteiger partial charge in [-0.15, -0.1) is 0 Å². The zero-order valence-electron chi connectivity index (χ0n) is 17.2. The van der Waals surface area contributed by atoms with Crippen LogP contribution in [0.3, 0.4) is 0 Å². The van der Waals surface area contributed by atoms with Gasteiger partial charge in [-0.25, -0.2) is 4.79 Å². The number of rotatable bonds is 8. The summed E-state index contributed by atoms with van der Waals surface area (Å²) in [6, 6.07) is 2.34. The molecule has 0 bridgehead atoms. The number of ether oxygens (including phenoxy) is 3. The van der Waals surface area contributed by atoms with E-state index in [2.05, 4.69) is 19.2 Å². The first-order valence-electron chi connectivity index (χ1n) is 9.74. The van der Waals surface area contributed by atoms with Crippen LogP contribution in [0, 0.1) is 22.0 Å². The summed E-state index contributed by atoms with van der Waals surface area (Å²) < 4.78 is 15.5. The minimum absolute atomic E-state index is 0.0323. The largest absolute Gasteiger partial charge is 0.493 e. The van der Waals surface area contributed by atoms with Gasteiger partial charge in [0.05, 0.1) is 24.7 Å². The van der Waals surface area contributed by atoms with Gasteiger partial charge in [-0.3, -0.25) is 14.9 Å². The molecule has 1 fully saturated rings. The molecule has 9 nitrogen and oxygen atoms in total. The maximum Gasteiger partial charge on any atom is 0.345 e. The molecule has 0 aromatic heterocycles. The summed E-state index contributed by atoms with van der Waals surface area (Å²) in [6.45, 7) is 5.73. The molecule has 9 heteroatoms. The minimum atomic E-state index is -0.974. The van der Waals surface area contributed by atoms with Gasteiger partial charge in [0, 0.05) is 12.1 Å². The van der Waals surface area contributed by atoms with Crippen molar-refractivity contribution < 1.29 is 28.7 Å². The summed E-state index contributed by atoms with van der Waals surface area (Å²) in [5, 5.41) is 14.3. The zero-order chi connectivity index (χ0) is 21.6. The Hall–Kier alpha value is -2.84. The predicted molar refractivity (Wildman–Crippen MR) is 105 cm³/mol. The lowest BCUT2D eigenvalue weighted by molar-refractivity contribution is -0.385. The summed E-state index contributed by atoms with van der Waals surface area (Å²) in [6.07, 6.45) is 3.05. The second kappa shape index (κ2) is 10.1. The maximum absolute atomic E-state index is 12.4. The molecule has 0 saturated heterocycles. The minimum Gasteiger partial charge on any atom is -0.493 e. The van der Waals surface area contributed by atoms with Gasteiger partial charge in [-0.05, 0) is 25.2 Å². The van der Waals surface area contributed by atoms with Gasteiger partial charge < -0.3 is 19.5 Å². The molecule has 1 aromatic carbocycles. The van der Waals surface area contributed by atoms with Gasteiger partial charge in [0.15, 0.2) is 18.1 Å². The van der Waals surface area contributed by atoms with Crippen molar-refractivity contribution in [3.8, 4) is 11.5 Å². The molecule has 0 spiro atoms. The fraction of sp³-hybridized carbons (Fsp3) is 0.600. The van der Waals surface area contributed by atoms with Crippen molar-refractivity contribution >= 4 is 17.6 Å². The standard InChI is InChI=1S/C20H28N2O7/c1-5-28-18-10-16(22(25)26)14(9-17(18)27-4)20(24)29-11-19(23)21-15-8-6-7-12(2)13(15)3/h9-10,12-13,15H,5-8,11H2,1-4H3,(H,21,23)/t12-,13+,15+/m1/s1. The molecule has 1 aliphatic carbocycles. The lowest BCUT2D eigenvalue weighted by Gasteiger charge is -2.34. The summed E-state index contributed by atoms with van der Waals surface area (Å²) in [4.78, 5) is 35.3. The van der Waals surface area contributed by atoms with E-state index in [0.29, 0.717) is 11.8 Å². The van der Waals surface area contributed by atoms with Crippen molar-refractivity contribution in [1.82, 2.24) is 5.32 Å². The van der Waals surface area contributed by atoms with Crippen LogP contribution in [0.2, 0.25) is 0 Å². The third kappa shape index (κ3) is 5.58. The third-order valence-electron chi connectivity index (χ3n) is 5.39. The molecular formula is C20H28N2O7. The first-order valence-corrected chi connectivity index (χ1v) is 9.74. The van der Waals surface area contributed by atoms with E-state index in [1.165, 1.54) is 13.2 Å². The zero-order valence-corrected chi connectivity index (χ0v) is 17.2. The number of carbonyl (C=O) groups excluding carboxylic acids is 2. The fourth-order valence-electron chi connectivity index (χ4n) is 3.53. The van der Waals surface area contributed by atoms with E-state index < -0.39 is 29.1 Å². The Morgan fingerprint density at radius 3 is 2.59 bits per heavy atom. The molecule has 0 radical (unpaired) electrons. The van der Waals surface area contributed by atoms with Crippen molar-refractivity contribution in [2.75, 3.05) is 20.3 Å². The average molecular weight is 408 g/mol. The topological polar surface area (TPSA) is 117 Å². The predicted octanol–water partition coefficient (Wildman–Crippen LogP) is 3.10. The summed E-state index contributed by atoms with van der Waals surface area (Å²) in [7, 11) is 1.36.